The van der Waals surface area contributed by atoms with Gasteiger partial charge in [0.25, 0.3) is 0 Å². The molecule has 6 heteroatoms. The summed E-state index contributed by atoms with van der Waals surface area (Å²) < 4.78 is 1.96. The van der Waals surface area contributed by atoms with E-state index in [1.165, 1.54) is 30.3 Å². The molecule has 0 bridgehead atoms. The number of benzene rings is 2. The molecule has 1 saturated carbocycles. The van der Waals surface area contributed by atoms with Crippen LogP contribution in [0.15, 0.2) is 61.1 Å². The molecule has 1 aliphatic carbocycles. The summed E-state index contributed by atoms with van der Waals surface area (Å²) in [7, 11) is 1.95. The van der Waals surface area contributed by atoms with Crippen LogP contribution in [0.1, 0.15) is 42.2 Å². The average Bonchev–Trinajstić information content (AvgIpc) is 3.51. The van der Waals surface area contributed by atoms with Crippen molar-refractivity contribution < 1.29 is 4.79 Å². The fourth-order valence-corrected chi connectivity index (χ4v) is 5.09. The fourth-order valence-electron chi connectivity index (χ4n) is 5.09. The highest BCUT2D eigenvalue weighted by Crippen LogP contribution is 2.45. The van der Waals surface area contributed by atoms with E-state index in [1.54, 1.807) is 0 Å². The molecule has 2 aromatic carbocycles. The first-order valence-electron chi connectivity index (χ1n) is 11.2. The Morgan fingerprint density at radius 2 is 1.72 bits per heavy atom. The number of carbonyl (C=O) groups is 1. The van der Waals surface area contributed by atoms with Crippen molar-refractivity contribution in [3.63, 3.8) is 0 Å². The summed E-state index contributed by atoms with van der Waals surface area (Å²) in [5.74, 6) is 1.28. The zero-order chi connectivity index (χ0) is 21.8. The number of fused-ring (bicyclic) bond motifs is 1. The highest BCUT2D eigenvalue weighted by atomic mass is 16.2. The summed E-state index contributed by atoms with van der Waals surface area (Å²) in [4.78, 5) is 23.8. The molecular weight excluding hydrogens is 398 g/mol. The monoisotopic (exact) mass is 423 g/mol. The molecule has 160 valence electrons. The largest absolute Gasteiger partial charge is 0.383 e. The van der Waals surface area contributed by atoms with Crippen LogP contribution in [0.25, 0.3) is 22.2 Å². The maximum atomic E-state index is 13.4. The van der Waals surface area contributed by atoms with Crippen LogP contribution in [0, 0.1) is 0 Å². The molecule has 1 aliphatic heterocycles. The number of nitrogen functional groups attached to an aromatic ring is 1. The van der Waals surface area contributed by atoms with Crippen molar-refractivity contribution in [2.24, 2.45) is 7.05 Å². The van der Waals surface area contributed by atoms with Gasteiger partial charge in [0.1, 0.15) is 17.8 Å². The molecule has 4 aromatic rings. The third kappa shape index (κ3) is 2.98. The number of anilines is 2. The van der Waals surface area contributed by atoms with Gasteiger partial charge in [-0.3, -0.25) is 4.79 Å². The third-order valence-electron chi connectivity index (χ3n) is 6.87. The van der Waals surface area contributed by atoms with Crippen LogP contribution in [-0.2, 0) is 11.8 Å². The van der Waals surface area contributed by atoms with Crippen molar-refractivity contribution in [1.29, 1.82) is 0 Å². The quantitative estimate of drug-likeness (QED) is 0.520. The van der Waals surface area contributed by atoms with Gasteiger partial charge >= 0.3 is 0 Å². The molecule has 2 aromatic heterocycles. The van der Waals surface area contributed by atoms with E-state index in [1.807, 2.05) is 34.8 Å². The minimum absolute atomic E-state index is 0.0403. The molecule has 1 saturated heterocycles. The predicted octanol–water partition coefficient (Wildman–Crippen LogP) is 4.62. The number of hydrogen-bond acceptors (Lipinski definition) is 4. The first-order chi connectivity index (χ1) is 15.6. The minimum atomic E-state index is -0.0403. The number of aromatic nitrogens is 3. The molecule has 32 heavy (non-hydrogen) atoms. The van der Waals surface area contributed by atoms with Crippen molar-refractivity contribution in [1.82, 2.24) is 14.5 Å². The summed E-state index contributed by atoms with van der Waals surface area (Å²) in [5, 5.41) is 0.858. The number of nitrogens with zero attached hydrogens (tertiary/aromatic N) is 4. The molecule has 0 spiro atoms. The molecule has 0 radical (unpaired) electrons. The normalized spacial score (nSPS) is 18.6. The molecule has 2 N–H and O–H groups in total. The van der Waals surface area contributed by atoms with Crippen molar-refractivity contribution in [3.8, 4) is 11.1 Å². The Morgan fingerprint density at radius 1 is 0.969 bits per heavy atom. The van der Waals surface area contributed by atoms with Gasteiger partial charge in [0.2, 0.25) is 5.91 Å². The van der Waals surface area contributed by atoms with Crippen LogP contribution in [0.3, 0.4) is 0 Å². The van der Waals surface area contributed by atoms with E-state index in [4.69, 9.17) is 5.73 Å². The summed E-state index contributed by atoms with van der Waals surface area (Å²) in [6.45, 7) is 0.747. The van der Waals surface area contributed by atoms with Crippen molar-refractivity contribution in [2.45, 2.75) is 31.1 Å². The molecule has 6 nitrogen and oxygen atoms in total. The van der Waals surface area contributed by atoms with Gasteiger partial charge in [0, 0.05) is 31.0 Å². The molecule has 6 rings (SSSR count). The van der Waals surface area contributed by atoms with Crippen molar-refractivity contribution in [3.05, 3.63) is 72.2 Å². The van der Waals surface area contributed by atoms with Crippen LogP contribution in [-0.4, -0.2) is 27.0 Å². The first-order valence-corrected chi connectivity index (χ1v) is 11.2. The van der Waals surface area contributed by atoms with Crippen LogP contribution in [0.5, 0.6) is 0 Å². The van der Waals surface area contributed by atoms with Gasteiger partial charge in [0.05, 0.1) is 11.3 Å². The Kier molecular flexibility index (Phi) is 4.28. The minimum Gasteiger partial charge on any atom is -0.383 e. The molecule has 1 atom stereocenters. The zero-order valence-corrected chi connectivity index (χ0v) is 18.0. The molecule has 2 fully saturated rings. The van der Waals surface area contributed by atoms with Crippen LogP contribution in [0.2, 0.25) is 0 Å². The lowest BCUT2D eigenvalue weighted by atomic mass is 9.91. The average molecular weight is 424 g/mol. The van der Waals surface area contributed by atoms with Crippen LogP contribution in [0.4, 0.5) is 11.5 Å². The zero-order valence-electron chi connectivity index (χ0n) is 18.0. The Hall–Kier alpha value is -3.67. The second-order valence-electron chi connectivity index (χ2n) is 8.89. The maximum Gasteiger partial charge on any atom is 0.234 e. The molecule has 3 heterocycles. The van der Waals surface area contributed by atoms with Gasteiger partial charge in [-0.05, 0) is 54.0 Å². The Morgan fingerprint density at radius 3 is 2.47 bits per heavy atom. The van der Waals surface area contributed by atoms with Gasteiger partial charge in [-0.1, -0.05) is 36.4 Å². The van der Waals surface area contributed by atoms with E-state index in [0.717, 1.165) is 40.8 Å². The maximum absolute atomic E-state index is 13.4. The van der Waals surface area contributed by atoms with Crippen molar-refractivity contribution in [2.75, 3.05) is 17.2 Å². The molecular formula is C26H25N5O. The predicted molar refractivity (Wildman–Crippen MR) is 126 cm³/mol. The smallest absolute Gasteiger partial charge is 0.234 e. The highest BCUT2D eigenvalue weighted by molar-refractivity contribution is 6.02. The highest BCUT2D eigenvalue weighted by Gasteiger charge is 2.37. The lowest BCUT2D eigenvalue weighted by Crippen LogP contribution is -2.26. The summed E-state index contributed by atoms with van der Waals surface area (Å²) in [6, 6.07) is 16.7. The van der Waals surface area contributed by atoms with Gasteiger partial charge in [0.15, 0.2) is 0 Å². The molecule has 1 amide bonds. The van der Waals surface area contributed by atoms with Gasteiger partial charge in [-0.25, -0.2) is 9.97 Å². The fraction of sp³-hybridized carbons (Fsp3) is 0.269. The number of rotatable bonds is 4. The number of aryl methyl sites for hydroxylation is 1. The van der Waals surface area contributed by atoms with E-state index >= 15 is 0 Å². The molecule has 2 aliphatic rings. The summed E-state index contributed by atoms with van der Waals surface area (Å²) >= 11 is 0. The van der Waals surface area contributed by atoms with Crippen molar-refractivity contribution >= 4 is 28.4 Å². The van der Waals surface area contributed by atoms with E-state index in [9.17, 15) is 4.79 Å². The first kappa shape index (κ1) is 19.0. The number of amides is 1. The van der Waals surface area contributed by atoms with Crippen LogP contribution >= 0.6 is 0 Å². The number of nitrogens with two attached hydrogens (primary N) is 1. The summed E-state index contributed by atoms with van der Waals surface area (Å²) in [6.07, 6.45) is 6.86. The number of carbonyl (C=O) groups excluding carboxylic acids is 1. The Bertz CT molecular complexity index is 1340. The topological polar surface area (TPSA) is 77.0 Å². The second kappa shape index (κ2) is 7.19. The van der Waals surface area contributed by atoms with Gasteiger partial charge in [-0.2, -0.15) is 0 Å². The van der Waals surface area contributed by atoms with E-state index in [-0.39, 0.29) is 11.8 Å². The third-order valence-corrected chi connectivity index (χ3v) is 6.87. The lowest BCUT2D eigenvalue weighted by molar-refractivity contribution is -0.118. The Labute approximate surface area is 186 Å². The van der Waals surface area contributed by atoms with E-state index in [2.05, 4.69) is 46.4 Å². The SMILES string of the molecule is Cn1cc(-c2ccc(N3CCC(c4ccccc4C4CC4)C3=O)cc2)c2c(N)ncnc21. The van der Waals surface area contributed by atoms with E-state index < -0.39 is 0 Å². The van der Waals surface area contributed by atoms with Crippen LogP contribution < -0.4 is 10.6 Å². The lowest BCUT2D eigenvalue weighted by Gasteiger charge is -2.19. The summed E-state index contributed by atoms with van der Waals surface area (Å²) in [5.41, 5.74) is 12.5. The molecule has 1 unspecified atom stereocenters. The van der Waals surface area contributed by atoms with E-state index in [0.29, 0.717) is 11.7 Å². The van der Waals surface area contributed by atoms with Gasteiger partial charge in [-0.15, -0.1) is 0 Å². The van der Waals surface area contributed by atoms with Gasteiger partial charge < -0.3 is 15.2 Å². The standard InChI is InChI=1S/C26H25N5O/c1-30-14-22(23-24(27)28-15-29-25(23)30)17-8-10-18(11-9-17)31-13-12-21(26(31)32)20-5-3-2-4-19(20)16-6-7-16/h2-5,8-11,14-16,21H,6-7,12-13H2,1H3,(H2,27,28,29). The number of hydrogen-bond donors (Lipinski definition) is 1. The second-order valence-corrected chi connectivity index (χ2v) is 8.89. The Balaban J connectivity index is 1.30.